The minimum Gasteiger partial charge on any atom is -0.479 e. The number of hydrogen-bond acceptors (Lipinski definition) is 3. The van der Waals surface area contributed by atoms with Crippen LogP contribution in [0.5, 0.6) is 5.75 Å². The average molecular weight is 470 g/mol. The Labute approximate surface area is 206 Å². The summed E-state index contributed by atoms with van der Waals surface area (Å²) in [6.07, 6.45) is -0.616. The number of anilines is 2. The molecule has 0 spiro atoms. The van der Waals surface area contributed by atoms with Gasteiger partial charge in [-0.1, -0.05) is 60.7 Å². The van der Waals surface area contributed by atoms with Crippen LogP contribution < -0.4 is 20.3 Å². The summed E-state index contributed by atoms with van der Waals surface area (Å²) in [5.41, 5.74) is 4.66. The zero-order chi connectivity index (χ0) is 25.2. The van der Waals surface area contributed by atoms with Crippen molar-refractivity contribution in [2.24, 2.45) is 0 Å². The van der Waals surface area contributed by atoms with Crippen LogP contribution in [0.25, 0.3) is 5.57 Å². The molecule has 0 aromatic heterocycles. The van der Waals surface area contributed by atoms with Crippen LogP contribution in [0.2, 0.25) is 0 Å². The summed E-state index contributed by atoms with van der Waals surface area (Å²) < 4.78 is 5.87. The Balaban J connectivity index is 1.50. The first-order chi connectivity index (χ1) is 16.6. The summed E-state index contributed by atoms with van der Waals surface area (Å²) in [6.45, 7) is 12.1. The maximum Gasteiger partial charge on any atom is 0.319 e. The van der Waals surface area contributed by atoms with Gasteiger partial charge in [0.25, 0.3) is 5.91 Å². The predicted octanol–water partition coefficient (Wildman–Crippen LogP) is 6.09. The molecule has 2 N–H and O–H groups in total. The number of carbonyl (C=O) groups is 2. The van der Waals surface area contributed by atoms with Crippen molar-refractivity contribution in [2.45, 2.75) is 45.9 Å². The first-order valence-corrected chi connectivity index (χ1v) is 11.7. The molecule has 1 unspecified atom stereocenters. The monoisotopic (exact) mass is 469 g/mol. The van der Waals surface area contributed by atoms with E-state index in [4.69, 9.17) is 4.74 Å². The lowest BCUT2D eigenvalue weighted by Gasteiger charge is -2.33. The van der Waals surface area contributed by atoms with E-state index in [0.29, 0.717) is 23.7 Å². The molecule has 6 nitrogen and oxygen atoms in total. The zero-order valence-electron chi connectivity index (χ0n) is 20.6. The first-order valence-electron chi connectivity index (χ1n) is 11.7. The van der Waals surface area contributed by atoms with Crippen LogP contribution in [0.4, 0.5) is 16.2 Å². The summed E-state index contributed by atoms with van der Waals surface area (Å²) in [5.74, 6) is 0.456. The molecule has 3 aromatic carbocycles. The maximum absolute atomic E-state index is 12.9. The van der Waals surface area contributed by atoms with Crippen LogP contribution >= 0.6 is 0 Å². The van der Waals surface area contributed by atoms with E-state index in [1.165, 1.54) is 0 Å². The highest BCUT2D eigenvalue weighted by Crippen LogP contribution is 2.37. The van der Waals surface area contributed by atoms with E-state index in [1.807, 2.05) is 75.4 Å². The van der Waals surface area contributed by atoms with E-state index < -0.39 is 11.6 Å². The molecule has 0 bridgehead atoms. The number of amides is 3. The Kier molecular flexibility index (Phi) is 6.65. The van der Waals surface area contributed by atoms with E-state index in [2.05, 4.69) is 17.2 Å². The summed E-state index contributed by atoms with van der Waals surface area (Å²) in [4.78, 5) is 27.4. The van der Waals surface area contributed by atoms with E-state index in [1.54, 1.807) is 30.0 Å². The molecule has 6 heteroatoms. The number of carbonyl (C=O) groups excluding carboxylic acids is 2. The average Bonchev–Trinajstić information content (AvgIpc) is 2.82. The number of hydrogen-bond donors (Lipinski definition) is 2. The molecule has 3 amide bonds. The molecule has 0 saturated carbocycles. The fourth-order valence-corrected chi connectivity index (χ4v) is 4.11. The van der Waals surface area contributed by atoms with Crippen molar-refractivity contribution in [3.63, 3.8) is 0 Å². The number of rotatable bonds is 6. The van der Waals surface area contributed by atoms with Gasteiger partial charge >= 0.3 is 6.03 Å². The fourth-order valence-electron chi connectivity index (χ4n) is 4.11. The van der Waals surface area contributed by atoms with E-state index in [-0.39, 0.29) is 11.9 Å². The third kappa shape index (κ3) is 5.38. The summed E-state index contributed by atoms with van der Waals surface area (Å²) in [6, 6.07) is 22.8. The van der Waals surface area contributed by atoms with Gasteiger partial charge < -0.3 is 20.3 Å². The van der Waals surface area contributed by atoms with E-state index >= 15 is 0 Å². The molecule has 180 valence electrons. The lowest BCUT2D eigenvalue weighted by molar-refractivity contribution is -0.125. The number of fused-ring (bicyclic) bond motifs is 1. The van der Waals surface area contributed by atoms with Crippen LogP contribution in [0.3, 0.4) is 0 Å². The largest absolute Gasteiger partial charge is 0.479 e. The standard InChI is InChI=1S/C29H31N3O3/c1-19(2)22-12-9-13-23(16-22)29(4,5)31-28(34)30-24-14-15-25-26(17-24)35-20(3)27(33)32(25)18-21-10-7-6-8-11-21/h6-17,20H,1,18H2,2-5H3,(H2,30,31,34). The van der Waals surface area contributed by atoms with Gasteiger partial charge in [-0.15, -0.1) is 0 Å². The quantitative estimate of drug-likeness (QED) is 0.459. The fraction of sp³-hybridized carbons (Fsp3) is 0.241. The van der Waals surface area contributed by atoms with Crippen molar-refractivity contribution in [3.05, 3.63) is 96.1 Å². The molecule has 0 fully saturated rings. The molecular weight excluding hydrogens is 438 g/mol. The third-order valence-electron chi connectivity index (χ3n) is 6.11. The summed E-state index contributed by atoms with van der Waals surface area (Å²) >= 11 is 0. The highest BCUT2D eigenvalue weighted by Gasteiger charge is 2.32. The van der Waals surface area contributed by atoms with Gasteiger partial charge in [-0.2, -0.15) is 0 Å². The highest BCUT2D eigenvalue weighted by atomic mass is 16.5. The number of benzene rings is 3. The van der Waals surface area contributed by atoms with Gasteiger partial charge in [0, 0.05) is 11.8 Å². The number of nitrogens with one attached hydrogen (secondary N) is 2. The van der Waals surface area contributed by atoms with Crippen LogP contribution in [0.1, 0.15) is 44.4 Å². The van der Waals surface area contributed by atoms with Crippen molar-refractivity contribution in [2.75, 3.05) is 10.2 Å². The lowest BCUT2D eigenvalue weighted by atomic mass is 9.92. The number of allylic oxidation sites excluding steroid dienone is 1. The van der Waals surface area contributed by atoms with Gasteiger partial charge in [0.05, 0.1) is 17.8 Å². The van der Waals surface area contributed by atoms with Crippen molar-refractivity contribution < 1.29 is 14.3 Å². The van der Waals surface area contributed by atoms with Crippen molar-refractivity contribution >= 4 is 28.9 Å². The molecule has 0 aliphatic carbocycles. The number of ether oxygens (including phenoxy) is 1. The van der Waals surface area contributed by atoms with Crippen LogP contribution in [-0.2, 0) is 16.9 Å². The minimum atomic E-state index is -0.616. The van der Waals surface area contributed by atoms with E-state index in [9.17, 15) is 9.59 Å². The van der Waals surface area contributed by atoms with Crippen LogP contribution in [0, 0.1) is 0 Å². The molecule has 0 radical (unpaired) electrons. The maximum atomic E-state index is 12.9. The second-order valence-corrected chi connectivity index (χ2v) is 9.42. The molecular formula is C29H31N3O3. The topological polar surface area (TPSA) is 70.7 Å². The molecule has 0 saturated heterocycles. The molecule has 3 aromatic rings. The number of urea groups is 1. The van der Waals surface area contributed by atoms with Crippen LogP contribution in [0.15, 0.2) is 79.4 Å². The molecule has 1 aliphatic rings. The van der Waals surface area contributed by atoms with Gasteiger partial charge in [-0.05, 0) is 62.6 Å². The van der Waals surface area contributed by atoms with Gasteiger partial charge in [0.1, 0.15) is 5.75 Å². The lowest BCUT2D eigenvalue weighted by Crippen LogP contribution is -2.44. The summed E-state index contributed by atoms with van der Waals surface area (Å²) in [7, 11) is 0. The smallest absolute Gasteiger partial charge is 0.319 e. The SMILES string of the molecule is C=C(C)c1cccc(C(C)(C)NC(=O)Nc2ccc3c(c2)OC(C)C(=O)N3Cc2ccccc2)c1. The second kappa shape index (κ2) is 9.66. The van der Waals surface area contributed by atoms with Gasteiger partial charge in [-0.25, -0.2) is 4.79 Å². The normalized spacial score (nSPS) is 15.1. The first kappa shape index (κ1) is 24.1. The molecule has 1 atom stereocenters. The predicted molar refractivity (Wildman–Crippen MR) is 140 cm³/mol. The molecule has 4 rings (SSSR count). The van der Waals surface area contributed by atoms with Gasteiger partial charge in [0.15, 0.2) is 6.10 Å². The molecule has 1 aliphatic heterocycles. The zero-order valence-corrected chi connectivity index (χ0v) is 20.6. The van der Waals surface area contributed by atoms with E-state index in [0.717, 1.165) is 22.3 Å². The van der Waals surface area contributed by atoms with Crippen molar-refractivity contribution in [3.8, 4) is 5.75 Å². The Hall–Kier alpha value is -4.06. The highest BCUT2D eigenvalue weighted by molar-refractivity contribution is 6.00. The molecule has 1 heterocycles. The Morgan fingerprint density at radius 1 is 1.06 bits per heavy atom. The number of nitrogens with zero attached hydrogens (tertiary/aromatic N) is 1. The Morgan fingerprint density at radius 2 is 1.80 bits per heavy atom. The van der Waals surface area contributed by atoms with Crippen LogP contribution in [-0.4, -0.2) is 18.0 Å². The second-order valence-electron chi connectivity index (χ2n) is 9.42. The van der Waals surface area contributed by atoms with Crippen molar-refractivity contribution in [1.82, 2.24) is 5.32 Å². The Bertz CT molecular complexity index is 1270. The van der Waals surface area contributed by atoms with Gasteiger partial charge in [-0.3, -0.25) is 4.79 Å². The summed E-state index contributed by atoms with van der Waals surface area (Å²) in [5, 5.41) is 5.93. The van der Waals surface area contributed by atoms with Crippen molar-refractivity contribution in [1.29, 1.82) is 0 Å². The van der Waals surface area contributed by atoms with Gasteiger partial charge in [0.2, 0.25) is 0 Å². The minimum absolute atomic E-state index is 0.0986. The Morgan fingerprint density at radius 3 is 2.51 bits per heavy atom. The third-order valence-corrected chi connectivity index (χ3v) is 6.11. The molecule has 35 heavy (non-hydrogen) atoms.